The van der Waals surface area contributed by atoms with Gasteiger partial charge in [-0.3, -0.25) is 4.79 Å². The molecule has 14 heavy (non-hydrogen) atoms. The zero-order valence-corrected chi connectivity index (χ0v) is 7.61. The second-order valence-electron chi connectivity index (χ2n) is 2.47. The number of H-pyrrole nitrogens is 1. The van der Waals surface area contributed by atoms with Crippen molar-refractivity contribution in [2.24, 2.45) is 0 Å². The van der Waals surface area contributed by atoms with Crippen LogP contribution in [-0.4, -0.2) is 4.98 Å². The lowest BCUT2D eigenvalue weighted by atomic mass is 10.1. The van der Waals surface area contributed by atoms with Crippen molar-refractivity contribution in [1.82, 2.24) is 4.98 Å². The standard InChI is InChI=1S/C8H5ClF2N2O/c9-1-5-6(8(10)11)7(14)4(2-12)3-13-5/h3,8H,1H2,(H,13,14). The molecule has 3 nitrogen and oxygen atoms in total. The summed E-state index contributed by atoms with van der Waals surface area (Å²) in [6.45, 7) is 0. The Balaban J connectivity index is 3.49. The number of nitrogens with zero attached hydrogens (tertiary/aromatic N) is 1. The highest BCUT2D eigenvalue weighted by molar-refractivity contribution is 6.17. The minimum atomic E-state index is -2.93. The summed E-state index contributed by atoms with van der Waals surface area (Å²) in [5.41, 5.74) is -2.07. The first-order valence-corrected chi connectivity index (χ1v) is 4.14. The van der Waals surface area contributed by atoms with Crippen molar-refractivity contribution in [1.29, 1.82) is 5.26 Å². The third kappa shape index (κ3) is 1.75. The summed E-state index contributed by atoms with van der Waals surface area (Å²) in [4.78, 5) is 13.6. The number of aromatic amines is 1. The first kappa shape index (κ1) is 10.7. The number of nitriles is 1. The van der Waals surface area contributed by atoms with E-state index in [-0.39, 0.29) is 17.1 Å². The van der Waals surface area contributed by atoms with Gasteiger partial charge < -0.3 is 4.98 Å². The van der Waals surface area contributed by atoms with E-state index in [0.29, 0.717) is 0 Å². The summed E-state index contributed by atoms with van der Waals surface area (Å²) in [7, 11) is 0. The molecular weight excluding hydrogens is 214 g/mol. The highest BCUT2D eigenvalue weighted by Crippen LogP contribution is 2.19. The quantitative estimate of drug-likeness (QED) is 0.771. The van der Waals surface area contributed by atoms with E-state index >= 15 is 0 Å². The predicted octanol–water partition coefficient (Wildman–Crippen LogP) is 1.92. The average Bonchev–Trinajstić information content (AvgIpc) is 2.16. The number of nitrogens with one attached hydrogen (secondary N) is 1. The molecule has 0 aliphatic heterocycles. The summed E-state index contributed by atoms with van der Waals surface area (Å²) in [6, 6.07) is 1.52. The van der Waals surface area contributed by atoms with E-state index in [4.69, 9.17) is 16.9 Å². The van der Waals surface area contributed by atoms with E-state index in [1.54, 1.807) is 0 Å². The van der Waals surface area contributed by atoms with Crippen molar-refractivity contribution in [3.63, 3.8) is 0 Å². The fourth-order valence-electron chi connectivity index (χ4n) is 1.01. The van der Waals surface area contributed by atoms with Crippen molar-refractivity contribution < 1.29 is 8.78 Å². The van der Waals surface area contributed by atoms with Crippen molar-refractivity contribution in [3.8, 4) is 6.07 Å². The minimum absolute atomic E-state index is 0.0503. The molecule has 0 saturated heterocycles. The molecular formula is C8H5ClF2N2O. The van der Waals surface area contributed by atoms with Crippen LogP contribution in [0.15, 0.2) is 11.0 Å². The fourth-order valence-corrected chi connectivity index (χ4v) is 1.23. The monoisotopic (exact) mass is 218 g/mol. The second kappa shape index (κ2) is 4.20. The number of rotatable bonds is 2. The molecule has 0 spiro atoms. The molecule has 74 valence electrons. The zero-order chi connectivity index (χ0) is 10.7. The number of halogens is 3. The van der Waals surface area contributed by atoms with E-state index in [2.05, 4.69) is 4.98 Å². The highest BCUT2D eigenvalue weighted by Gasteiger charge is 2.19. The number of alkyl halides is 3. The molecule has 0 aliphatic rings. The third-order valence-corrected chi connectivity index (χ3v) is 1.94. The van der Waals surface area contributed by atoms with Crippen LogP contribution in [0.2, 0.25) is 0 Å². The lowest BCUT2D eigenvalue weighted by Gasteiger charge is -2.04. The van der Waals surface area contributed by atoms with Gasteiger partial charge in [-0.1, -0.05) is 0 Å². The van der Waals surface area contributed by atoms with Crippen LogP contribution in [0.4, 0.5) is 8.78 Å². The Morgan fingerprint density at radius 3 is 2.71 bits per heavy atom. The smallest absolute Gasteiger partial charge is 0.269 e. The summed E-state index contributed by atoms with van der Waals surface area (Å²) < 4.78 is 24.8. The van der Waals surface area contributed by atoms with Gasteiger partial charge in [0.25, 0.3) is 6.43 Å². The van der Waals surface area contributed by atoms with Gasteiger partial charge in [0, 0.05) is 11.9 Å². The number of hydrogen-bond donors (Lipinski definition) is 1. The third-order valence-electron chi connectivity index (χ3n) is 1.68. The Kier molecular flexibility index (Phi) is 3.20. The van der Waals surface area contributed by atoms with Gasteiger partial charge >= 0.3 is 0 Å². The van der Waals surface area contributed by atoms with Gasteiger partial charge in [0.05, 0.1) is 11.4 Å². The number of hydrogen-bond acceptors (Lipinski definition) is 2. The van der Waals surface area contributed by atoms with Gasteiger partial charge in [-0.15, -0.1) is 11.6 Å². The summed E-state index contributed by atoms with van der Waals surface area (Å²) in [5, 5.41) is 8.44. The van der Waals surface area contributed by atoms with Gasteiger partial charge in [-0.25, -0.2) is 8.78 Å². The maximum Gasteiger partial charge on any atom is 0.269 e. The molecule has 1 heterocycles. The van der Waals surface area contributed by atoms with Gasteiger partial charge in [0.1, 0.15) is 11.6 Å². The molecule has 0 radical (unpaired) electrons. The molecule has 0 fully saturated rings. The zero-order valence-electron chi connectivity index (χ0n) is 6.85. The van der Waals surface area contributed by atoms with Gasteiger partial charge in [0.15, 0.2) is 0 Å². The topological polar surface area (TPSA) is 56.6 Å². The molecule has 0 atom stereocenters. The van der Waals surface area contributed by atoms with Crippen molar-refractivity contribution in [3.05, 3.63) is 33.2 Å². The van der Waals surface area contributed by atoms with Gasteiger partial charge in [-0.2, -0.15) is 5.26 Å². The van der Waals surface area contributed by atoms with Crippen LogP contribution in [0.5, 0.6) is 0 Å². The SMILES string of the molecule is N#Cc1c[nH]c(CCl)c(C(F)F)c1=O. The Morgan fingerprint density at radius 2 is 2.29 bits per heavy atom. The number of aromatic nitrogens is 1. The number of pyridine rings is 1. The van der Waals surface area contributed by atoms with E-state index in [1.165, 1.54) is 6.07 Å². The van der Waals surface area contributed by atoms with Gasteiger partial charge in [0.2, 0.25) is 5.43 Å². The van der Waals surface area contributed by atoms with E-state index in [0.717, 1.165) is 6.20 Å². The molecule has 0 unspecified atom stereocenters. The predicted molar refractivity (Wildman–Crippen MR) is 46.3 cm³/mol. The first-order valence-electron chi connectivity index (χ1n) is 3.60. The van der Waals surface area contributed by atoms with E-state index < -0.39 is 17.4 Å². The highest BCUT2D eigenvalue weighted by atomic mass is 35.5. The molecule has 0 amide bonds. The van der Waals surface area contributed by atoms with Crippen LogP contribution in [-0.2, 0) is 5.88 Å². The molecule has 0 bridgehead atoms. The Morgan fingerprint density at radius 1 is 1.64 bits per heavy atom. The largest absolute Gasteiger partial charge is 0.362 e. The molecule has 0 aromatic carbocycles. The Labute approximate surface area is 82.9 Å². The first-order chi connectivity index (χ1) is 6.61. The van der Waals surface area contributed by atoms with Crippen molar-refractivity contribution in [2.45, 2.75) is 12.3 Å². The van der Waals surface area contributed by atoms with Crippen LogP contribution in [0.1, 0.15) is 23.2 Å². The molecule has 1 aromatic heterocycles. The average molecular weight is 219 g/mol. The maximum absolute atomic E-state index is 12.4. The van der Waals surface area contributed by atoms with E-state index in [9.17, 15) is 13.6 Å². The second-order valence-corrected chi connectivity index (χ2v) is 2.74. The summed E-state index contributed by atoms with van der Waals surface area (Å²) in [5.74, 6) is -0.222. The van der Waals surface area contributed by atoms with Crippen LogP contribution < -0.4 is 5.43 Å². The maximum atomic E-state index is 12.4. The van der Waals surface area contributed by atoms with E-state index in [1.807, 2.05) is 0 Å². The summed E-state index contributed by atoms with van der Waals surface area (Å²) in [6.07, 6.45) is -1.85. The van der Waals surface area contributed by atoms with Crippen LogP contribution >= 0.6 is 11.6 Å². The fraction of sp³-hybridized carbons (Fsp3) is 0.250. The summed E-state index contributed by atoms with van der Waals surface area (Å²) >= 11 is 5.36. The molecule has 0 aliphatic carbocycles. The van der Waals surface area contributed by atoms with Crippen LogP contribution in [0.3, 0.4) is 0 Å². The Hall–Kier alpha value is -1.41. The molecule has 1 N–H and O–H groups in total. The van der Waals surface area contributed by atoms with Crippen molar-refractivity contribution >= 4 is 11.6 Å². The lowest BCUT2D eigenvalue weighted by Crippen LogP contribution is -2.16. The normalized spacial score (nSPS) is 10.2. The molecule has 1 rings (SSSR count). The van der Waals surface area contributed by atoms with Crippen molar-refractivity contribution in [2.75, 3.05) is 0 Å². The lowest BCUT2D eigenvalue weighted by molar-refractivity contribution is 0.148. The minimum Gasteiger partial charge on any atom is -0.362 e. The van der Waals surface area contributed by atoms with Crippen LogP contribution in [0, 0.1) is 11.3 Å². The molecule has 6 heteroatoms. The van der Waals surface area contributed by atoms with Crippen LogP contribution in [0.25, 0.3) is 0 Å². The molecule has 0 saturated carbocycles. The molecule has 1 aromatic rings. The Bertz CT molecular complexity index is 436. The van der Waals surface area contributed by atoms with Gasteiger partial charge in [-0.05, 0) is 0 Å².